The normalized spacial score (nSPS) is 19.8. The van der Waals surface area contributed by atoms with E-state index in [2.05, 4.69) is 4.90 Å². The van der Waals surface area contributed by atoms with Gasteiger partial charge in [-0.1, -0.05) is 24.6 Å². The third kappa shape index (κ3) is 4.27. The molecule has 2 aromatic carbocycles. The van der Waals surface area contributed by atoms with Crippen molar-refractivity contribution in [3.05, 3.63) is 59.7 Å². The van der Waals surface area contributed by atoms with Crippen molar-refractivity contribution >= 4 is 11.6 Å². The van der Waals surface area contributed by atoms with Crippen LogP contribution < -0.4 is 4.74 Å². The molecule has 1 amide bonds. The molecule has 6 heteroatoms. The van der Waals surface area contributed by atoms with E-state index in [1.54, 1.807) is 24.3 Å². The summed E-state index contributed by atoms with van der Waals surface area (Å²) < 4.78 is 5.24. The smallest absolute Gasteiger partial charge is 0.257 e. The van der Waals surface area contributed by atoms with Gasteiger partial charge in [-0.3, -0.25) is 9.69 Å². The first-order chi connectivity index (χ1) is 14.2. The number of hydrazone groups is 1. The van der Waals surface area contributed by atoms with Gasteiger partial charge in [0.15, 0.2) is 0 Å². The number of carbonyl (C=O) groups excluding carboxylic acids is 1. The molecule has 29 heavy (non-hydrogen) atoms. The molecule has 1 N–H and O–H groups in total. The number of phenols is 1. The van der Waals surface area contributed by atoms with Crippen LogP contribution in [0.2, 0.25) is 0 Å². The topological polar surface area (TPSA) is 65.4 Å². The quantitative estimate of drug-likeness (QED) is 0.844. The number of para-hydroxylation sites is 1. The second-order valence-corrected chi connectivity index (χ2v) is 7.63. The van der Waals surface area contributed by atoms with Gasteiger partial charge in [-0.25, -0.2) is 5.01 Å². The molecule has 2 aromatic rings. The van der Waals surface area contributed by atoms with Gasteiger partial charge in [0, 0.05) is 12.0 Å². The fourth-order valence-corrected chi connectivity index (χ4v) is 4.09. The zero-order valence-corrected chi connectivity index (χ0v) is 16.8. The van der Waals surface area contributed by atoms with Crippen molar-refractivity contribution in [1.29, 1.82) is 0 Å². The van der Waals surface area contributed by atoms with Gasteiger partial charge in [-0.15, -0.1) is 0 Å². The molecule has 1 saturated heterocycles. The van der Waals surface area contributed by atoms with Crippen LogP contribution in [0.5, 0.6) is 11.5 Å². The van der Waals surface area contributed by atoms with Gasteiger partial charge in [-0.05, 0) is 61.8 Å². The third-order valence-corrected chi connectivity index (χ3v) is 5.69. The van der Waals surface area contributed by atoms with Crippen molar-refractivity contribution in [2.24, 2.45) is 5.10 Å². The molecule has 2 aliphatic heterocycles. The minimum absolute atomic E-state index is 0.0244. The minimum atomic E-state index is -0.300. The number of piperidine rings is 1. The number of ether oxygens (including phenoxy) is 1. The van der Waals surface area contributed by atoms with E-state index < -0.39 is 0 Å². The Hall–Kier alpha value is -2.86. The third-order valence-electron chi connectivity index (χ3n) is 5.69. The Morgan fingerprint density at radius 3 is 2.52 bits per heavy atom. The molecule has 1 fully saturated rings. The maximum atomic E-state index is 13.2. The number of carbonyl (C=O) groups is 1. The van der Waals surface area contributed by atoms with Crippen LogP contribution in [0.3, 0.4) is 0 Å². The highest BCUT2D eigenvalue weighted by molar-refractivity contribution is 6.03. The molecule has 0 bridgehead atoms. The number of hydrogen-bond acceptors (Lipinski definition) is 5. The summed E-state index contributed by atoms with van der Waals surface area (Å²) in [6.45, 7) is 2.27. The van der Waals surface area contributed by atoms with Gasteiger partial charge in [0.1, 0.15) is 11.5 Å². The molecule has 0 saturated carbocycles. The van der Waals surface area contributed by atoms with E-state index >= 15 is 0 Å². The zero-order valence-electron chi connectivity index (χ0n) is 16.8. The molecular formula is C23H27N3O3. The lowest BCUT2D eigenvalue weighted by molar-refractivity contribution is -0.134. The van der Waals surface area contributed by atoms with E-state index in [4.69, 9.17) is 9.84 Å². The molecule has 2 heterocycles. The SMILES string of the molecule is COc1ccc(C2=NN(C(=O)CN3CCCCC3)C(c3ccccc3O)C2)cc1. The fraction of sp³-hybridized carbons (Fsp3) is 0.391. The maximum absolute atomic E-state index is 13.2. The maximum Gasteiger partial charge on any atom is 0.257 e. The van der Waals surface area contributed by atoms with E-state index in [1.165, 1.54) is 6.42 Å². The standard InChI is InChI=1S/C23H27N3O3/c1-29-18-11-9-17(10-12-18)20-15-21(19-7-3-4-8-22(19)27)26(24-20)23(28)16-25-13-5-2-6-14-25/h3-4,7-12,21,27H,2,5-6,13-16H2,1H3. The largest absolute Gasteiger partial charge is 0.508 e. The molecular weight excluding hydrogens is 366 g/mol. The Balaban J connectivity index is 1.61. The number of aromatic hydroxyl groups is 1. The average molecular weight is 393 g/mol. The highest BCUT2D eigenvalue weighted by Gasteiger charge is 2.35. The number of likely N-dealkylation sites (tertiary alicyclic amines) is 1. The summed E-state index contributed by atoms with van der Waals surface area (Å²) in [4.78, 5) is 15.4. The Labute approximate surface area is 171 Å². The van der Waals surface area contributed by atoms with Crippen LogP contribution in [0.25, 0.3) is 0 Å². The van der Waals surface area contributed by atoms with E-state index in [1.807, 2.05) is 36.4 Å². The van der Waals surface area contributed by atoms with Crippen LogP contribution in [0.4, 0.5) is 0 Å². The number of amides is 1. The summed E-state index contributed by atoms with van der Waals surface area (Å²) >= 11 is 0. The molecule has 152 valence electrons. The van der Waals surface area contributed by atoms with Gasteiger partial charge in [0.2, 0.25) is 0 Å². The summed E-state index contributed by atoms with van der Waals surface area (Å²) in [5.74, 6) is 0.950. The fourth-order valence-electron chi connectivity index (χ4n) is 4.09. The van der Waals surface area contributed by atoms with Crippen LogP contribution in [0.15, 0.2) is 53.6 Å². The van der Waals surface area contributed by atoms with E-state index in [0.717, 1.165) is 48.5 Å². The lowest BCUT2D eigenvalue weighted by atomic mass is 9.97. The van der Waals surface area contributed by atoms with Crippen LogP contribution in [0, 0.1) is 0 Å². The summed E-state index contributed by atoms with van der Waals surface area (Å²) in [6, 6.07) is 14.6. The number of benzene rings is 2. The van der Waals surface area contributed by atoms with Gasteiger partial charge in [-0.2, -0.15) is 5.10 Å². The number of nitrogens with zero attached hydrogens (tertiary/aromatic N) is 3. The van der Waals surface area contributed by atoms with Gasteiger partial charge < -0.3 is 9.84 Å². The van der Waals surface area contributed by atoms with Gasteiger partial charge >= 0.3 is 0 Å². The predicted molar refractivity (Wildman–Crippen MR) is 112 cm³/mol. The van der Waals surface area contributed by atoms with Crippen molar-refractivity contribution in [3.8, 4) is 11.5 Å². The first-order valence-corrected chi connectivity index (χ1v) is 10.2. The van der Waals surface area contributed by atoms with Gasteiger partial charge in [0.25, 0.3) is 5.91 Å². The van der Waals surface area contributed by atoms with Crippen LogP contribution in [-0.2, 0) is 4.79 Å². The van der Waals surface area contributed by atoms with Crippen molar-refractivity contribution in [3.63, 3.8) is 0 Å². The average Bonchev–Trinajstić information content (AvgIpc) is 3.20. The molecule has 0 aromatic heterocycles. The lowest BCUT2D eigenvalue weighted by Gasteiger charge is -2.29. The van der Waals surface area contributed by atoms with E-state index in [9.17, 15) is 9.90 Å². The van der Waals surface area contributed by atoms with Gasteiger partial charge in [0.05, 0.1) is 25.4 Å². The number of rotatable bonds is 5. The molecule has 0 aliphatic carbocycles. The summed E-state index contributed by atoms with van der Waals surface area (Å²) in [7, 11) is 1.64. The zero-order chi connectivity index (χ0) is 20.2. The summed E-state index contributed by atoms with van der Waals surface area (Å²) in [5.41, 5.74) is 2.53. The first kappa shape index (κ1) is 19.5. The Morgan fingerprint density at radius 1 is 1.10 bits per heavy atom. The van der Waals surface area contributed by atoms with Crippen molar-refractivity contribution in [2.75, 3.05) is 26.7 Å². The second kappa shape index (κ2) is 8.66. The summed E-state index contributed by atoms with van der Waals surface area (Å²) in [5, 5.41) is 16.7. The molecule has 0 radical (unpaired) electrons. The molecule has 1 atom stereocenters. The molecule has 0 spiro atoms. The number of phenolic OH excluding ortho intramolecular Hbond substituents is 1. The Bertz CT molecular complexity index is 888. The molecule has 1 unspecified atom stereocenters. The number of methoxy groups -OCH3 is 1. The Morgan fingerprint density at radius 2 is 1.83 bits per heavy atom. The number of hydrogen-bond donors (Lipinski definition) is 1. The molecule has 4 rings (SSSR count). The predicted octanol–water partition coefficient (Wildman–Crippen LogP) is 3.56. The summed E-state index contributed by atoms with van der Waals surface area (Å²) in [6.07, 6.45) is 4.07. The Kier molecular flexibility index (Phi) is 5.81. The van der Waals surface area contributed by atoms with Crippen molar-refractivity contribution in [1.82, 2.24) is 9.91 Å². The lowest BCUT2D eigenvalue weighted by Crippen LogP contribution is -2.40. The van der Waals surface area contributed by atoms with Crippen molar-refractivity contribution < 1.29 is 14.6 Å². The van der Waals surface area contributed by atoms with Crippen LogP contribution in [-0.4, -0.2) is 53.4 Å². The molecule has 6 nitrogen and oxygen atoms in total. The van der Waals surface area contributed by atoms with Crippen LogP contribution in [0.1, 0.15) is 42.9 Å². The first-order valence-electron chi connectivity index (χ1n) is 10.2. The van der Waals surface area contributed by atoms with Crippen LogP contribution >= 0.6 is 0 Å². The van der Waals surface area contributed by atoms with E-state index in [-0.39, 0.29) is 17.7 Å². The van der Waals surface area contributed by atoms with Crippen molar-refractivity contribution in [2.45, 2.75) is 31.7 Å². The monoisotopic (exact) mass is 393 g/mol. The second-order valence-electron chi connectivity index (χ2n) is 7.63. The minimum Gasteiger partial charge on any atom is -0.508 e. The highest BCUT2D eigenvalue weighted by atomic mass is 16.5. The molecule has 2 aliphatic rings. The van der Waals surface area contributed by atoms with E-state index in [0.29, 0.717) is 13.0 Å². The highest BCUT2D eigenvalue weighted by Crippen LogP contribution is 2.37.